The number of nitrogens with one attached hydrogen (secondary N) is 1. The molecule has 172 valence electrons. The third-order valence-electron chi connectivity index (χ3n) is 5.76. The lowest BCUT2D eigenvalue weighted by Crippen LogP contribution is -2.47. The normalized spacial score (nSPS) is 25.4. The molecule has 1 aliphatic heterocycles. The molecule has 0 radical (unpaired) electrons. The summed E-state index contributed by atoms with van der Waals surface area (Å²) in [4.78, 5) is 28.1. The molecule has 4 atom stereocenters. The quantitative estimate of drug-likeness (QED) is 0.673. The Morgan fingerprint density at radius 1 is 1.25 bits per heavy atom. The van der Waals surface area contributed by atoms with Crippen molar-refractivity contribution in [3.05, 3.63) is 53.6 Å². The first-order valence-electron chi connectivity index (χ1n) is 9.53. The number of hydrogen-bond donors (Lipinski definition) is 2. The van der Waals surface area contributed by atoms with Crippen molar-refractivity contribution in [1.29, 1.82) is 0 Å². The van der Waals surface area contributed by atoms with Gasteiger partial charge in [0, 0.05) is 35.3 Å². The molecule has 32 heavy (non-hydrogen) atoms. The molecule has 0 aliphatic carbocycles. The highest BCUT2D eigenvalue weighted by Gasteiger charge is 2.65. The molecule has 1 aliphatic rings. The first-order valence-corrected chi connectivity index (χ1v) is 9.53. The Kier molecular flexibility index (Phi) is 6.14. The molecule has 0 bridgehead atoms. The lowest BCUT2D eigenvalue weighted by atomic mass is 9.77. The van der Waals surface area contributed by atoms with Gasteiger partial charge in [-0.2, -0.15) is 13.2 Å². The molecule has 1 aromatic carbocycles. The Balaban J connectivity index is 2.04. The van der Waals surface area contributed by atoms with Gasteiger partial charge in [0.25, 0.3) is 11.8 Å². The molecular weight excluding hydrogens is 434 g/mol. The van der Waals surface area contributed by atoms with Gasteiger partial charge in [0.2, 0.25) is 0 Å². The highest BCUT2D eigenvalue weighted by Crippen LogP contribution is 2.54. The van der Waals surface area contributed by atoms with Crippen molar-refractivity contribution in [2.75, 3.05) is 12.4 Å². The van der Waals surface area contributed by atoms with Gasteiger partial charge in [-0.15, -0.1) is 0 Å². The second kappa shape index (κ2) is 8.38. The number of aromatic nitrogens is 1. The van der Waals surface area contributed by atoms with Gasteiger partial charge in [-0.05, 0) is 25.1 Å². The van der Waals surface area contributed by atoms with Crippen LogP contribution in [0.2, 0.25) is 0 Å². The number of carbonyl (C=O) groups excluding carboxylic acids is 2. The minimum atomic E-state index is -4.79. The summed E-state index contributed by atoms with van der Waals surface area (Å²) >= 11 is 0. The maximum Gasteiger partial charge on any atom is 0.417 e. The third-order valence-corrected chi connectivity index (χ3v) is 5.76. The summed E-state index contributed by atoms with van der Waals surface area (Å²) in [5.74, 6) is -4.72. The van der Waals surface area contributed by atoms with Gasteiger partial charge in [-0.3, -0.25) is 14.6 Å². The summed E-state index contributed by atoms with van der Waals surface area (Å²) in [5, 5.41) is 2.44. The number of amides is 2. The van der Waals surface area contributed by atoms with Gasteiger partial charge in [-0.25, -0.2) is 4.39 Å². The van der Waals surface area contributed by atoms with Crippen molar-refractivity contribution >= 4 is 17.5 Å². The van der Waals surface area contributed by atoms with Gasteiger partial charge in [0.1, 0.15) is 23.4 Å². The Labute approximate surface area is 180 Å². The largest absolute Gasteiger partial charge is 0.496 e. The monoisotopic (exact) mass is 455 g/mol. The van der Waals surface area contributed by atoms with Crippen LogP contribution < -0.4 is 15.8 Å². The third kappa shape index (κ3) is 4.12. The molecule has 11 heteroatoms. The van der Waals surface area contributed by atoms with Crippen LogP contribution in [0.15, 0.2) is 36.5 Å². The number of nitrogens with zero attached hydrogens (tertiary/aromatic N) is 1. The molecule has 2 aromatic rings. The number of benzene rings is 1. The number of hydrogen-bond acceptors (Lipinski definition) is 5. The number of ether oxygens (including phenoxy) is 2. The van der Waals surface area contributed by atoms with E-state index in [1.807, 2.05) is 0 Å². The lowest BCUT2D eigenvalue weighted by Gasteiger charge is -2.32. The fraction of sp³-hybridized carbons (Fsp3) is 0.381. The SMILES string of the molecule is COc1cc(F)ccc1[C@H]1[C@@H](C(=O)Nc2ccnc(C(N)=O)c2)O[C@](C)(C(F)(F)F)[C@@H]1C. The van der Waals surface area contributed by atoms with Gasteiger partial charge >= 0.3 is 6.18 Å². The number of methoxy groups -OCH3 is 1. The first kappa shape index (κ1) is 23.5. The number of halogens is 4. The molecule has 3 N–H and O–H groups in total. The van der Waals surface area contributed by atoms with Crippen LogP contribution in [0.1, 0.15) is 35.8 Å². The van der Waals surface area contributed by atoms with E-state index in [4.69, 9.17) is 15.2 Å². The summed E-state index contributed by atoms with van der Waals surface area (Å²) < 4.78 is 66.0. The van der Waals surface area contributed by atoms with Crippen LogP contribution in [0.5, 0.6) is 5.75 Å². The number of rotatable bonds is 5. The topological polar surface area (TPSA) is 104 Å². The van der Waals surface area contributed by atoms with Crippen LogP contribution in [0.25, 0.3) is 0 Å². The standard InChI is InChI=1S/C21H21F4N3O4/c1-10-16(13-5-4-11(22)8-15(13)31-3)17(32-20(10,2)21(23,24)25)19(30)28-12-6-7-27-14(9-12)18(26)29/h4-10,16-17H,1-3H3,(H2,26,29)(H,27,28,30)/t10-,16+,17+,20+/m1/s1. The van der Waals surface area contributed by atoms with Gasteiger partial charge in [0.05, 0.1) is 7.11 Å². The Morgan fingerprint density at radius 3 is 2.53 bits per heavy atom. The van der Waals surface area contributed by atoms with Crippen LogP contribution in [0.3, 0.4) is 0 Å². The average molecular weight is 455 g/mol. The summed E-state index contributed by atoms with van der Waals surface area (Å²) in [6.45, 7) is 2.18. The molecule has 0 saturated carbocycles. The number of nitrogens with two attached hydrogens (primary N) is 1. The van der Waals surface area contributed by atoms with Gasteiger partial charge in [0.15, 0.2) is 5.60 Å². The minimum absolute atomic E-state index is 0.00500. The zero-order chi connectivity index (χ0) is 23.8. The van der Waals surface area contributed by atoms with Crippen LogP contribution in [-0.4, -0.2) is 41.8 Å². The van der Waals surface area contributed by atoms with Crippen LogP contribution in [-0.2, 0) is 9.53 Å². The van der Waals surface area contributed by atoms with E-state index >= 15 is 0 Å². The molecule has 1 fully saturated rings. The van der Waals surface area contributed by atoms with E-state index < -0.39 is 47.3 Å². The second-order valence-electron chi connectivity index (χ2n) is 7.63. The van der Waals surface area contributed by atoms with E-state index in [-0.39, 0.29) is 22.7 Å². The number of primary amides is 1. The van der Waals surface area contributed by atoms with Gasteiger partial charge < -0.3 is 20.5 Å². The van der Waals surface area contributed by atoms with E-state index in [1.54, 1.807) is 0 Å². The van der Waals surface area contributed by atoms with E-state index in [9.17, 15) is 27.2 Å². The highest BCUT2D eigenvalue weighted by molar-refractivity contribution is 5.97. The molecule has 0 unspecified atom stereocenters. The van der Waals surface area contributed by atoms with Gasteiger partial charge in [-0.1, -0.05) is 13.0 Å². The molecule has 7 nitrogen and oxygen atoms in total. The van der Waals surface area contributed by atoms with Crippen molar-refractivity contribution in [2.45, 2.75) is 37.6 Å². The predicted octanol–water partition coefficient (Wildman–Crippen LogP) is 3.41. The minimum Gasteiger partial charge on any atom is -0.496 e. The number of carbonyl (C=O) groups is 2. The zero-order valence-corrected chi connectivity index (χ0v) is 17.4. The zero-order valence-electron chi connectivity index (χ0n) is 17.4. The van der Waals surface area contributed by atoms with E-state index in [0.717, 1.165) is 19.1 Å². The Bertz CT molecular complexity index is 1050. The smallest absolute Gasteiger partial charge is 0.417 e. The number of alkyl halides is 3. The molecule has 0 spiro atoms. The fourth-order valence-electron chi connectivity index (χ4n) is 3.84. The van der Waals surface area contributed by atoms with Crippen molar-refractivity contribution < 1.29 is 36.6 Å². The van der Waals surface area contributed by atoms with Crippen molar-refractivity contribution in [3.8, 4) is 5.75 Å². The molecule has 1 aromatic heterocycles. The predicted molar refractivity (Wildman–Crippen MR) is 106 cm³/mol. The lowest BCUT2D eigenvalue weighted by molar-refractivity contribution is -0.272. The van der Waals surface area contributed by atoms with Crippen LogP contribution in [0, 0.1) is 11.7 Å². The second-order valence-corrected chi connectivity index (χ2v) is 7.63. The Morgan fingerprint density at radius 2 is 1.94 bits per heavy atom. The van der Waals surface area contributed by atoms with E-state index in [2.05, 4.69) is 10.3 Å². The maximum atomic E-state index is 13.9. The number of anilines is 1. The van der Waals surface area contributed by atoms with E-state index in [0.29, 0.717) is 0 Å². The molecular formula is C21H21F4N3O4. The summed E-state index contributed by atoms with van der Waals surface area (Å²) in [7, 11) is 1.25. The fourth-order valence-corrected chi connectivity index (χ4v) is 3.84. The van der Waals surface area contributed by atoms with Crippen molar-refractivity contribution in [1.82, 2.24) is 4.98 Å². The molecule has 2 amide bonds. The van der Waals surface area contributed by atoms with Crippen molar-refractivity contribution in [2.24, 2.45) is 11.7 Å². The average Bonchev–Trinajstić information content (AvgIpc) is 3.00. The van der Waals surface area contributed by atoms with E-state index in [1.165, 1.54) is 38.4 Å². The number of pyridine rings is 1. The summed E-state index contributed by atoms with van der Waals surface area (Å²) in [5.41, 5.74) is 2.67. The van der Waals surface area contributed by atoms with Crippen LogP contribution in [0.4, 0.5) is 23.2 Å². The highest BCUT2D eigenvalue weighted by atomic mass is 19.4. The summed E-state index contributed by atoms with van der Waals surface area (Å²) in [6, 6.07) is 5.92. The summed E-state index contributed by atoms with van der Waals surface area (Å²) in [6.07, 6.45) is -5.17. The maximum absolute atomic E-state index is 13.9. The first-order chi connectivity index (χ1) is 14.9. The molecule has 2 heterocycles. The molecule has 1 saturated heterocycles. The van der Waals surface area contributed by atoms with Crippen molar-refractivity contribution in [3.63, 3.8) is 0 Å². The molecule has 3 rings (SSSR count). The van der Waals surface area contributed by atoms with Crippen LogP contribution >= 0.6 is 0 Å². The Hall–Kier alpha value is -3.21.